The van der Waals surface area contributed by atoms with Crippen LogP contribution < -0.4 is 9.47 Å². The maximum absolute atomic E-state index is 6.01. The summed E-state index contributed by atoms with van der Waals surface area (Å²) < 4.78 is 11.8. The summed E-state index contributed by atoms with van der Waals surface area (Å²) in [6.07, 6.45) is 3.34. The molecule has 2 rings (SSSR count). The van der Waals surface area contributed by atoms with E-state index >= 15 is 0 Å². The second-order valence-corrected chi connectivity index (χ2v) is 6.02. The third-order valence-corrected chi connectivity index (χ3v) is 4.11. The average molecular weight is 312 g/mol. The molecule has 0 N–H and O–H groups in total. The first-order valence-electron chi connectivity index (χ1n) is 8.59. The normalized spacial score (nSPS) is 10.6. The molecule has 0 saturated heterocycles. The monoisotopic (exact) mass is 312 g/mol. The van der Waals surface area contributed by atoms with Gasteiger partial charge in [-0.2, -0.15) is 0 Å². The lowest BCUT2D eigenvalue weighted by molar-refractivity contribution is 0.298. The number of rotatable bonds is 8. The van der Waals surface area contributed by atoms with Crippen LogP contribution in [0, 0.1) is 13.8 Å². The van der Waals surface area contributed by atoms with Crippen molar-refractivity contribution in [3.63, 3.8) is 0 Å². The molecular weight excluding hydrogens is 284 g/mol. The Morgan fingerprint density at radius 3 is 1.83 bits per heavy atom. The first-order valence-corrected chi connectivity index (χ1v) is 8.59. The van der Waals surface area contributed by atoms with Gasteiger partial charge in [-0.25, -0.2) is 0 Å². The Bertz CT molecular complexity index is 614. The number of hydrogen-bond donors (Lipinski definition) is 0. The largest absolute Gasteiger partial charge is 0.493 e. The molecule has 0 fully saturated rings. The van der Waals surface area contributed by atoms with Crippen molar-refractivity contribution in [1.82, 2.24) is 0 Å². The predicted molar refractivity (Wildman–Crippen MR) is 96.5 cm³/mol. The van der Waals surface area contributed by atoms with Gasteiger partial charge >= 0.3 is 0 Å². The first-order chi connectivity index (χ1) is 11.2. The van der Waals surface area contributed by atoms with Crippen LogP contribution >= 0.6 is 0 Å². The third kappa shape index (κ3) is 4.75. The topological polar surface area (TPSA) is 18.5 Å². The number of aryl methyl sites for hydroxylation is 1. The third-order valence-electron chi connectivity index (χ3n) is 4.11. The van der Waals surface area contributed by atoms with Crippen molar-refractivity contribution in [2.75, 3.05) is 6.61 Å². The van der Waals surface area contributed by atoms with Crippen LogP contribution in [-0.2, 0) is 13.0 Å². The quantitative estimate of drug-likeness (QED) is 0.629. The summed E-state index contributed by atoms with van der Waals surface area (Å²) >= 11 is 0. The minimum atomic E-state index is 0.599. The summed E-state index contributed by atoms with van der Waals surface area (Å²) in [4.78, 5) is 0. The van der Waals surface area contributed by atoms with Crippen LogP contribution in [0.15, 0.2) is 36.4 Å². The lowest BCUT2D eigenvalue weighted by Gasteiger charge is -2.15. The molecule has 2 aromatic carbocycles. The van der Waals surface area contributed by atoms with Crippen LogP contribution in [0.1, 0.15) is 48.9 Å². The molecule has 0 aromatic heterocycles. The van der Waals surface area contributed by atoms with Gasteiger partial charge in [0.05, 0.1) is 6.61 Å². The van der Waals surface area contributed by atoms with Crippen molar-refractivity contribution in [1.29, 1.82) is 0 Å². The molecule has 0 aliphatic carbocycles. The van der Waals surface area contributed by atoms with Gasteiger partial charge < -0.3 is 9.47 Å². The van der Waals surface area contributed by atoms with Crippen LogP contribution in [0.2, 0.25) is 0 Å². The number of benzene rings is 2. The van der Waals surface area contributed by atoms with Gasteiger partial charge in [-0.15, -0.1) is 0 Å². The van der Waals surface area contributed by atoms with Gasteiger partial charge in [0.1, 0.15) is 18.1 Å². The summed E-state index contributed by atoms with van der Waals surface area (Å²) in [6, 6.07) is 12.7. The molecule has 0 bridgehead atoms. The summed E-state index contributed by atoms with van der Waals surface area (Å²) in [7, 11) is 0. The number of hydrogen-bond acceptors (Lipinski definition) is 2. The van der Waals surface area contributed by atoms with Crippen LogP contribution in [-0.4, -0.2) is 6.61 Å². The Morgan fingerprint density at radius 2 is 1.26 bits per heavy atom. The molecule has 0 amide bonds. The Kier molecular flexibility index (Phi) is 6.52. The molecule has 0 atom stereocenters. The Morgan fingerprint density at radius 1 is 0.696 bits per heavy atom. The molecule has 2 aromatic rings. The van der Waals surface area contributed by atoms with E-state index < -0.39 is 0 Å². The molecule has 2 nitrogen and oxygen atoms in total. The van der Waals surface area contributed by atoms with Gasteiger partial charge in [-0.05, 0) is 61.1 Å². The van der Waals surface area contributed by atoms with Crippen molar-refractivity contribution < 1.29 is 9.47 Å². The van der Waals surface area contributed by atoms with Crippen molar-refractivity contribution >= 4 is 0 Å². The fourth-order valence-electron chi connectivity index (χ4n) is 2.55. The van der Waals surface area contributed by atoms with Crippen LogP contribution in [0.3, 0.4) is 0 Å². The maximum Gasteiger partial charge on any atom is 0.123 e. The van der Waals surface area contributed by atoms with E-state index in [1.54, 1.807) is 0 Å². The molecule has 0 aliphatic rings. The maximum atomic E-state index is 6.01. The number of ether oxygens (including phenoxy) is 2. The zero-order chi connectivity index (χ0) is 16.7. The first kappa shape index (κ1) is 17.4. The summed E-state index contributed by atoms with van der Waals surface area (Å²) in [5, 5.41) is 0. The molecule has 0 heterocycles. The Hall–Kier alpha value is -1.96. The predicted octanol–water partition coefficient (Wildman–Crippen LogP) is 5.62. The standard InChI is InChI=1S/C21H28O2/c1-5-7-18-8-10-19(11-9-18)15-23-21-13-12-20(22-14-6-2)16(3)17(21)4/h8-13H,5-7,14-15H2,1-4H3. The Balaban J connectivity index is 2.01. The van der Waals surface area contributed by atoms with Crippen LogP contribution in [0.4, 0.5) is 0 Å². The zero-order valence-electron chi connectivity index (χ0n) is 14.8. The van der Waals surface area contributed by atoms with Gasteiger partial charge in [-0.3, -0.25) is 0 Å². The van der Waals surface area contributed by atoms with E-state index in [2.05, 4.69) is 52.0 Å². The Labute approximate surface area is 140 Å². The van der Waals surface area contributed by atoms with Gasteiger partial charge in [0.2, 0.25) is 0 Å². The molecule has 0 aliphatic heterocycles. The minimum Gasteiger partial charge on any atom is -0.493 e. The van der Waals surface area contributed by atoms with E-state index in [-0.39, 0.29) is 0 Å². The van der Waals surface area contributed by atoms with E-state index in [0.717, 1.165) is 42.1 Å². The molecular formula is C21H28O2. The highest BCUT2D eigenvalue weighted by Crippen LogP contribution is 2.29. The van der Waals surface area contributed by atoms with E-state index in [1.165, 1.54) is 17.5 Å². The summed E-state index contributed by atoms with van der Waals surface area (Å²) in [5.74, 6) is 1.89. The van der Waals surface area contributed by atoms with Crippen LogP contribution in [0.25, 0.3) is 0 Å². The highest BCUT2D eigenvalue weighted by Gasteiger charge is 2.08. The van der Waals surface area contributed by atoms with E-state index in [0.29, 0.717) is 6.61 Å². The highest BCUT2D eigenvalue weighted by molar-refractivity contribution is 5.47. The molecule has 2 heteroatoms. The highest BCUT2D eigenvalue weighted by atomic mass is 16.5. The van der Waals surface area contributed by atoms with Gasteiger partial charge in [0.15, 0.2) is 0 Å². The van der Waals surface area contributed by atoms with Crippen molar-refractivity contribution in [2.24, 2.45) is 0 Å². The van der Waals surface area contributed by atoms with Crippen molar-refractivity contribution in [3.05, 3.63) is 58.7 Å². The second-order valence-electron chi connectivity index (χ2n) is 6.02. The lowest BCUT2D eigenvalue weighted by Crippen LogP contribution is -2.01. The van der Waals surface area contributed by atoms with Crippen molar-refractivity contribution in [3.8, 4) is 11.5 Å². The van der Waals surface area contributed by atoms with Gasteiger partial charge in [-0.1, -0.05) is 44.5 Å². The molecule has 0 unspecified atom stereocenters. The summed E-state index contributed by atoms with van der Waals surface area (Å²) in [6.45, 7) is 9.86. The average Bonchev–Trinajstić information content (AvgIpc) is 2.57. The molecule has 0 saturated carbocycles. The van der Waals surface area contributed by atoms with E-state index in [9.17, 15) is 0 Å². The molecule has 0 spiro atoms. The van der Waals surface area contributed by atoms with Crippen LogP contribution in [0.5, 0.6) is 11.5 Å². The minimum absolute atomic E-state index is 0.599. The zero-order valence-corrected chi connectivity index (χ0v) is 14.8. The van der Waals surface area contributed by atoms with Gasteiger partial charge in [0, 0.05) is 0 Å². The fraction of sp³-hybridized carbons (Fsp3) is 0.429. The van der Waals surface area contributed by atoms with E-state index in [1.807, 2.05) is 12.1 Å². The SMILES string of the molecule is CCCOc1ccc(OCc2ccc(CCC)cc2)c(C)c1C. The van der Waals surface area contributed by atoms with Gasteiger partial charge in [0.25, 0.3) is 0 Å². The lowest BCUT2D eigenvalue weighted by atomic mass is 10.1. The van der Waals surface area contributed by atoms with Crippen molar-refractivity contribution in [2.45, 2.75) is 53.6 Å². The summed E-state index contributed by atoms with van der Waals surface area (Å²) in [5.41, 5.74) is 4.91. The fourth-order valence-corrected chi connectivity index (χ4v) is 2.55. The molecule has 0 radical (unpaired) electrons. The smallest absolute Gasteiger partial charge is 0.123 e. The second kappa shape index (κ2) is 8.61. The molecule has 23 heavy (non-hydrogen) atoms. The van der Waals surface area contributed by atoms with E-state index in [4.69, 9.17) is 9.47 Å². The molecule has 124 valence electrons.